The van der Waals surface area contributed by atoms with Crippen molar-refractivity contribution < 1.29 is 13.9 Å². The fraction of sp³-hybridized carbons (Fsp3) is 0.389. The van der Waals surface area contributed by atoms with Crippen molar-refractivity contribution in [2.45, 2.75) is 32.2 Å². The highest BCUT2D eigenvalue weighted by atomic mass is 16.5. The van der Waals surface area contributed by atoms with Crippen molar-refractivity contribution in [1.82, 2.24) is 10.3 Å². The SMILES string of the molecule is CNC(=O)c1nc([C@]2(C)COC(CCc3ccccc3)=N2)oc1C. The van der Waals surface area contributed by atoms with Gasteiger partial charge in [0.2, 0.25) is 5.89 Å². The van der Waals surface area contributed by atoms with Crippen molar-refractivity contribution in [2.24, 2.45) is 4.99 Å². The van der Waals surface area contributed by atoms with Gasteiger partial charge in [-0.05, 0) is 25.8 Å². The second kappa shape index (κ2) is 6.47. The molecule has 2 heterocycles. The summed E-state index contributed by atoms with van der Waals surface area (Å²) in [6.07, 6.45) is 1.59. The molecule has 0 aliphatic carbocycles. The zero-order chi connectivity index (χ0) is 17.2. The average molecular weight is 327 g/mol. The molecule has 2 aromatic rings. The van der Waals surface area contributed by atoms with E-state index in [1.807, 2.05) is 25.1 Å². The molecular weight excluding hydrogens is 306 g/mol. The van der Waals surface area contributed by atoms with Crippen molar-refractivity contribution in [2.75, 3.05) is 13.7 Å². The fourth-order valence-electron chi connectivity index (χ4n) is 2.65. The number of amides is 1. The third-order valence-electron chi connectivity index (χ3n) is 4.06. The summed E-state index contributed by atoms with van der Waals surface area (Å²) in [4.78, 5) is 20.8. The third kappa shape index (κ3) is 3.18. The largest absolute Gasteiger partial charge is 0.478 e. The molecule has 0 spiro atoms. The van der Waals surface area contributed by atoms with Crippen molar-refractivity contribution in [1.29, 1.82) is 0 Å². The zero-order valence-corrected chi connectivity index (χ0v) is 14.1. The van der Waals surface area contributed by atoms with Crippen LogP contribution in [-0.4, -0.2) is 30.4 Å². The second-order valence-electron chi connectivity index (χ2n) is 6.06. The van der Waals surface area contributed by atoms with E-state index in [2.05, 4.69) is 27.4 Å². The molecule has 1 aromatic heterocycles. The molecule has 0 fully saturated rings. The van der Waals surface area contributed by atoms with Crippen LogP contribution in [0, 0.1) is 6.92 Å². The molecule has 0 saturated heterocycles. The molecule has 1 amide bonds. The number of hydrogen-bond acceptors (Lipinski definition) is 5. The Morgan fingerprint density at radius 3 is 2.75 bits per heavy atom. The van der Waals surface area contributed by atoms with E-state index in [0.29, 0.717) is 29.8 Å². The Morgan fingerprint density at radius 1 is 1.29 bits per heavy atom. The molecular formula is C18H21N3O3. The maximum absolute atomic E-state index is 11.8. The minimum Gasteiger partial charge on any atom is -0.478 e. The van der Waals surface area contributed by atoms with Crippen LogP contribution in [0.15, 0.2) is 39.7 Å². The first-order chi connectivity index (χ1) is 11.5. The number of rotatable bonds is 5. The van der Waals surface area contributed by atoms with E-state index in [1.165, 1.54) is 5.56 Å². The standard InChI is InChI=1S/C18H21N3O3/c1-12-15(16(22)19-3)20-17(24-12)18(2)11-23-14(21-18)10-9-13-7-5-4-6-8-13/h4-8H,9-11H2,1-3H3,(H,19,22)/t18-/m0/s1. The Labute approximate surface area is 141 Å². The molecule has 1 aliphatic heterocycles. The number of carbonyl (C=O) groups is 1. The quantitative estimate of drug-likeness (QED) is 0.916. The number of hydrogen-bond donors (Lipinski definition) is 1. The van der Waals surface area contributed by atoms with Crippen LogP contribution in [-0.2, 0) is 16.7 Å². The van der Waals surface area contributed by atoms with Gasteiger partial charge in [0.05, 0.1) is 0 Å². The van der Waals surface area contributed by atoms with Crippen LogP contribution >= 0.6 is 0 Å². The summed E-state index contributed by atoms with van der Waals surface area (Å²) in [6, 6.07) is 10.2. The van der Waals surface area contributed by atoms with E-state index >= 15 is 0 Å². The van der Waals surface area contributed by atoms with Crippen LogP contribution in [0.3, 0.4) is 0 Å². The van der Waals surface area contributed by atoms with Gasteiger partial charge in [0.15, 0.2) is 17.1 Å². The summed E-state index contributed by atoms with van der Waals surface area (Å²) < 4.78 is 11.4. The summed E-state index contributed by atoms with van der Waals surface area (Å²) >= 11 is 0. The second-order valence-corrected chi connectivity index (χ2v) is 6.06. The number of nitrogens with zero attached hydrogens (tertiary/aromatic N) is 2. The van der Waals surface area contributed by atoms with E-state index in [9.17, 15) is 4.79 Å². The Bertz CT molecular complexity index is 767. The van der Waals surface area contributed by atoms with E-state index in [-0.39, 0.29) is 5.91 Å². The zero-order valence-electron chi connectivity index (χ0n) is 14.1. The molecule has 3 rings (SSSR count). The molecule has 1 aliphatic rings. The molecule has 0 unspecified atom stereocenters. The van der Waals surface area contributed by atoms with Gasteiger partial charge in [-0.3, -0.25) is 4.79 Å². The molecule has 126 valence electrons. The van der Waals surface area contributed by atoms with Crippen LogP contribution < -0.4 is 5.32 Å². The lowest BCUT2D eigenvalue weighted by Gasteiger charge is -2.12. The molecule has 1 aromatic carbocycles. The van der Waals surface area contributed by atoms with Gasteiger partial charge in [0.1, 0.15) is 12.4 Å². The summed E-state index contributed by atoms with van der Waals surface area (Å²) in [6.45, 7) is 3.99. The smallest absolute Gasteiger partial charge is 0.273 e. The van der Waals surface area contributed by atoms with E-state index in [0.717, 1.165) is 12.8 Å². The van der Waals surface area contributed by atoms with E-state index in [4.69, 9.17) is 9.15 Å². The van der Waals surface area contributed by atoms with Crippen LogP contribution in [0.1, 0.15) is 41.0 Å². The summed E-state index contributed by atoms with van der Waals surface area (Å²) in [5.41, 5.74) is 0.844. The summed E-state index contributed by atoms with van der Waals surface area (Å²) in [5.74, 6) is 1.32. The van der Waals surface area contributed by atoms with Crippen LogP contribution in [0.2, 0.25) is 0 Å². The first-order valence-corrected chi connectivity index (χ1v) is 7.97. The molecule has 0 bridgehead atoms. The molecule has 24 heavy (non-hydrogen) atoms. The Morgan fingerprint density at radius 2 is 2.04 bits per heavy atom. The molecule has 0 radical (unpaired) electrons. The number of ether oxygens (including phenoxy) is 1. The number of carbonyl (C=O) groups excluding carboxylic acids is 1. The first kappa shape index (κ1) is 16.2. The van der Waals surface area contributed by atoms with Gasteiger partial charge < -0.3 is 14.5 Å². The number of aromatic nitrogens is 1. The minimum absolute atomic E-state index is 0.265. The summed E-state index contributed by atoms with van der Waals surface area (Å²) in [5, 5.41) is 2.56. The molecule has 6 nitrogen and oxygen atoms in total. The molecule has 0 saturated carbocycles. The van der Waals surface area contributed by atoms with Gasteiger partial charge in [0, 0.05) is 13.5 Å². The molecule has 6 heteroatoms. The van der Waals surface area contributed by atoms with Gasteiger partial charge >= 0.3 is 0 Å². The minimum atomic E-state index is -0.691. The third-order valence-corrected chi connectivity index (χ3v) is 4.06. The topological polar surface area (TPSA) is 76.7 Å². The lowest BCUT2D eigenvalue weighted by Crippen LogP contribution is -2.23. The van der Waals surface area contributed by atoms with Crippen molar-refractivity contribution in [3.8, 4) is 0 Å². The van der Waals surface area contributed by atoms with Crippen molar-refractivity contribution in [3.63, 3.8) is 0 Å². The monoisotopic (exact) mass is 327 g/mol. The Kier molecular flexibility index (Phi) is 4.38. The molecule has 1 atom stereocenters. The average Bonchev–Trinajstić information content (AvgIpc) is 3.18. The highest BCUT2D eigenvalue weighted by molar-refractivity contribution is 5.93. The van der Waals surface area contributed by atoms with Crippen LogP contribution in [0.5, 0.6) is 0 Å². The maximum Gasteiger partial charge on any atom is 0.273 e. The van der Waals surface area contributed by atoms with Gasteiger partial charge in [-0.15, -0.1) is 0 Å². The number of benzene rings is 1. The predicted molar refractivity (Wildman–Crippen MR) is 90.1 cm³/mol. The first-order valence-electron chi connectivity index (χ1n) is 7.97. The lowest BCUT2D eigenvalue weighted by atomic mass is 10.1. The number of aliphatic imine (C=N–C) groups is 1. The van der Waals surface area contributed by atoms with E-state index in [1.54, 1.807) is 14.0 Å². The number of nitrogens with one attached hydrogen (secondary N) is 1. The number of aryl methyl sites for hydroxylation is 2. The summed E-state index contributed by atoms with van der Waals surface area (Å²) in [7, 11) is 1.57. The van der Waals surface area contributed by atoms with Crippen molar-refractivity contribution in [3.05, 3.63) is 53.2 Å². The Balaban J connectivity index is 1.74. The van der Waals surface area contributed by atoms with Crippen LogP contribution in [0.25, 0.3) is 0 Å². The van der Waals surface area contributed by atoms with Gasteiger partial charge in [-0.2, -0.15) is 0 Å². The normalized spacial score (nSPS) is 19.7. The lowest BCUT2D eigenvalue weighted by molar-refractivity contribution is 0.0957. The van der Waals surface area contributed by atoms with Gasteiger partial charge in [0.25, 0.3) is 5.91 Å². The fourth-order valence-corrected chi connectivity index (χ4v) is 2.65. The van der Waals surface area contributed by atoms with E-state index < -0.39 is 5.54 Å². The maximum atomic E-state index is 11.8. The van der Waals surface area contributed by atoms with Crippen LogP contribution in [0.4, 0.5) is 0 Å². The highest BCUT2D eigenvalue weighted by Gasteiger charge is 2.39. The van der Waals surface area contributed by atoms with Gasteiger partial charge in [-0.25, -0.2) is 9.98 Å². The predicted octanol–water partition coefficient (Wildman–Crippen LogP) is 2.62. The van der Waals surface area contributed by atoms with Gasteiger partial charge in [-0.1, -0.05) is 30.3 Å². The number of oxazole rings is 1. The Hall–Kier alpha value is -2.63. The molecule has 1 N–H and O–H groups in total. The highest BCUT2D eigenvalue weighted by Crippen LogP contribution is 2.32. The van der Waals surface area contributed by atoms with Crippen molar-refractivity contribution >= 4 is 11.8 Å².